The van der Waals surface area contributed by atoms with Gasteiger partial charge in [-0.25, -0.2) is 0 Å². The molecule has 188 valence electrons. The summed E-state index contributed by atoms with van der Waals surface area (Å²) in [5, 5.41) is 3.41. The van der Waals surface area contributed by atoms with Crippen LogP contribution in [0.2, 0.25) is 0 Å². The van der Waals surface area contributed by atoms with Crippen LogP contribution in [0, 0.1) is 5.92 Å². The molecule has 1 atom stereocenters. The fourth-order valence-electron chi connectivity index (χ4n) is 3.90. The Balaban J connectivity index is 0.00000544. The molecule has 0 aromatic heterocycles. The summed E-state index contributed by atoms with van der Waals surface area (Å²) in [7, 11) is 3.43. The van der Waals surface area contributed by atoms with Gasteiger partial charge in [-0.3, -0.25) is 9.79 Å². The smallest absolute Gasteiger partial charge is 0.310 e. The van der Waals surface area contributed by atoms with Crippen molar-refractivity contribution in [3.8, 4) is 11.5 Å². The second-order valence-corrected chi connectivity index (χ2v) is 7.80. The number of carbonyl (C=O) groups excluding carboxylic acids is 1. The molecule has 1 aromatic carbocycles. The Hall–Kier alpha value is -1.75. The highest BCUT2D eigenvalue weighted by Crippen LogP contribution is 2.28. The van der Waals surface area contributed by atoms with Gasteiger partial charge >= 0.3 is 5.97 Å². The summed E-state index contributed by atoms with van der Waals surface area (Å²) in [5.41, 5.74) is 1.07. The number of methoxy groups -OCH3 is 1. The summed E-state index contributed by atoms with van der Waals surface area (Å²) in [4.78, 5) is 21.0. The largest absolute Gasteiger partial charge is 0.493 e. The van der Waals surface area contributed by atoms with Crippen molar-refractivity contribution in [2.45, 2.75) is 40.2 Å². The maximum atomic E-state index is 12.1. The number of nitrogens with one attached hydrogen (secondary N) is 1. The highest BCUT2D eigenvalue weighted by atomic mass is 127. The zero-order valence-corrected chi connectivity index (χ0v) is 23.1. The highest BCUT2D eigenvalue weighted by molar-refractivity contribution is 14.0. The van der Waals surface area contributed by atoms with Gasteiger partial charge in [-0.15, -0.1) is 24.0 Å². The lowest BCUT2D eigenvalue weighted by Gasteiger charge is -2.34. The fraction of sp³-hybridized carbons (Fsp3) is 0.667. The average Bonchev–Trinajstić information content (AvgIpc) is 2.83. The van der Waals surface area contributed by atoms with Crippen molar-refractivity contribution in [1.29, 1.82) is 0 Å². The number of piperidine rings is 1. The Morgan fingerprint density at radius 3 is 2.64 bits per heavy atom. The van der Waals surface area contributed by atoms with E-state index in [1.807, 2.05) is 25.1 Å². The van der Waals surface area contributed by atoms with Crippen LogP contribution in [0.3, 0.4) is 0 Å². The first-order valence-electron chi connectivity index (χ1n) is 11.7. The first kappa shape index (κ1) is 29.3. The molecule has 1 heterocycles. The molecule has 2 rings (SSSR count). The molecular weight excluding hydrogens is 535 g/mol. The van der Waals surface area contributed by atoms with E-state index in [1.165, 1.54) is 0 Å². The van der Waals surface area contributed by atoms with Gasteiger partial charge in [0.05, 0.1) is 19.6 Å². The summed E-state index contributed by atoms with van der Waals surface area (Å²) in [5.74, 6) is 2.04. The number of esters is 1. The number of hydrogen-bond donors (Lipinski definition) is 1. The van der Waals surface area contributed by atoms with Gasteiger partial charge in [-0.05, 0) is 50.6 Å². The van der Waals surface area contributed by atoms with Crippen LogP contribution in [0.4, 0.5) is 0 Å². The lowest BCUT2D eigenvalue weighted by molar-refractivity contribution is -0.149. The topological polar surface area (TPSA) is 75.6 Å². The van der Waals surface area contributed by atoms with Crippen LogP contribution in [-0.4, -0.2) is 81.8 Å². The molecule has 0 amide bonds. The average molecular weight is 577 g/mol. The van der Waals surface area contributed by atoms with Crippen LogP contribution in [0.15, 0.2) is 23.2 Å². The molecule has 9 heteroatoms. The molecule has 1 aromatic rings. The van der Waals surface area contributed by atoms with Gasteiger partial charge in [0.2, 0.25) is 0 Å². The van der Waals surface area contributed by atoms with Crippen LogP contribution in [0.1, 0.15) is 39.2 Å². The van der Waals surface area contributed by atoms with Crippen molar-refractivity contribution < 1.29 is 19.0 Å². The molecule has 1 saturated heterocycles. The number of carbonyl (C=O) groups is 1. The zero-order valence-electron chi connectivity index (χ0n) is 20.8. The number of likely N-dealkylation sites (N-methyl/N-ethyl adjacent to an activating group) is 1. The predicted octanol–water partition coefficient (Wildman–Crippen LogP) is 3.38. The minimum Gasteiger partial charge on any atom is -0.493 e. The number of nitrogens with zero attached hydrogens (tertiary/aromatic N) is 3. The molecular formula is C24H41IN4O4. The van der Waals surface area contributed by atoms with Gasteiger partial charge in [0.25, 0.3) is 0 Å². The summed E-state index contributed by atoms with van der Waals surface area (Å²) in [6, 6.07) is 5.98. The van der Waals surface area contributed by atoms with Crippen LogP contribution in [-0.2, 0) is 16.1 Å². The molecule has 33 heavy (non-hydrogen) atoms. The molecule has 1 N–H and O–H groups in total. The maximum Gasteiger partial charge on any atom is 0.310 e. The zero-order chi connectivity index (χ0) is 23.3. The predicted molar refractivity (Wildman–Crippen MR) is 143 cm³/mol. The quantitative estimate of drug-likeness (QED) is 0.187. The van der Waals surface area contributed by atoms with Crippen molar-refractivity contribution in [2.75, 3.05) is 60.1 Å². The maximum absolute atomic E-state index is 12.1. The number of rotatable bonds is 11. The van der Waals surface area contributed by atoms with E-state index in [0.29, 0.717) is 26.3 Å². The molecule has 0 saturated carbocycles. The Labute approximate surface area is 216 Å². The van der Waals surface area contributed by atoms with Crippen LogP contribution in [0.5, 0.6) is 11.5 Å². The fourth-order valence-corrected chi connectivity index (χ4v) is 3.90. The molecule has 1 aliphatic rings. The molecule has 8 nitrogen and oxygen atoms in total. The Bertz CT molecular complexity index is 743. The van der Waals surface area contributed by atoms with Gasteiger partial charge in [0.1, 0.15) is 6.61 Å². The number of ether oxygens (including phenoxy) is 3. The van der Waals surface area contributed by atoms with E-state index in [4.69, 9.17) is 14.2 Å². The third-order valence-corrected chi connectivity index (χ3v) is 5.79. The number of guanidine groups is 1. The van der Waals surface area contributed by atoms with Crippen molar-refractivity contribution in [3.05, 3.63) is 23.8 Å². The van der Waals surface area contributed by atoms with Crippen LogP contribution < -0.4 is 14.8 Å². The highest BCUT2D eigenvalue weighted by Gasteiger charge is 2.28. The van der Waals surface area contributed by atoms with Gasteiger partial charge < -0.3 is 29.3 Å². The van der Waals surface area contributed by atoms with Gasteiger partial charge in [-0.1, -0.05) is 19.9 Å². The first-order valence-corrected chi connectivity index (χ1v) is 11.7. The third-order valence-electron chi connectivity index (χ3n) is 5.79. The van der Waals surface area contributed by atoms with Crippen LogP contribution >= 0.6 is 24.0 Å². The second kappa shape index (κ2) is 16.0. The Morgan fingerprint density at radius 2 is 2.00 bits per heavy atom. The van der Waals surface area contributed by atoms with E-state index in [0.717, 1.165) is 62.0 Å². The number of halogens is 1. The lowest BCUT2D eigenvalue weighted by Crippen LogP contribution is -2.48. The van der Waals surface area contributed by atoms with E-state index in [1.54, 1.807) is 14.2 Å². The van der Waals surface area contributed by atoms with Crippen molar-refractivity contribution in [1.82, 2.24) is 15.1 Å². The summed E-state index contributed by atoms with van der Waals surface area (Å²) < 4.78 is 16.7. The molecule has 0 bridgehead atoms. The third kappa shape index (κ3) is 9.19. The monoisotopic (exact) mass is 576 g/mol. The van der Waals surface area contributed by atoms with E-state index in [9.17, 15) is 4.79 Å². The minimum absolute atomic E-state index is 0. The number of benzene rings is 1. The second-order valence-electron chi connectivity index (χ2n) is 7.80. The normalized spacial score (nSPS) is 16.2. The summed E-state index contributed by atoms with van der Waals surface area (Å²) in [6.07, 6.45) is 1.80. The van der Waals surface area contributed by atoms with Crippen LogP contribution in [0.25, 0.3) is 0 Å². The van der Waals surface area contributed by atoms with E-state index in [2.05, 4.69) is 34.0 Å². The van der Waals surface area contributed by atoms with Gasteiger partial charge in [-0.2, -0.15) is 0 Å². The standard InChI is InChI=1S/C24H40N4O4.HI/c1-6-27(7-2)14-15-32-21-12-11-19(16-22(21)30-5)17-26-24(25-4)28-13-9-10-20(18-28)23(29)31-8-3;/h11-12,16,20H,6-10,13-15,17-18H2,1-5H3,(H,25,26);1H. The number of likely N-dealkylation sites (tertiary alicyclic amines) is 1. The van der Waals surface area contributed by atoms with E-state index < -0.39 is 0 Å². The SMILES string of the molecule is CCOC(=O)C1CCCN(C(=NC)NCc2ccc(OCCN(CC)CC)c(OC)c2)C1.I. The Morgan fingerprint density at radius 1 is 1.24 bits per heavy atom. The van der Waals surface area contributed by atoms with Crippen molar-refractivity contribution in [2.24, 2.45) is 10.9 Å². The lowest BCUT2D eigenvalue weighted by atomic mass is 9.98. The van der Waals surface area contributed by atoms with Gasteiger partial charge in [0.15, 0.2) is 17.5 Å². The molecule has 0 spiro atoms. The summed E-state index contributed by atoms with van der Waals surface area (Å²) in [6.45, 7) is 12.2. The summed E-state index contributed by atoms with van der Waals surface area (Å²) >= 11 is 0. The Kier molecular flexibility index (Phi) is 14.2. The van der Waals surface area contributed by atoms with Gasteiger partial charge in [0, 0.05) is 33.2 Å². The first-order chi connectivity index (χ1) is 15.6. The van der Waals surface area contributed by atoms with E-state index >= 15 is 0 Å². The number of aliphatic imine (C=N–C) groups is 1. The number of hydrogen-bond acceptors (Lipinski definition) is 6. The molecule has 1 unspecified atom stereocenters. The molecule has 1 aliphatic heterocycles. The van der Waals surface area contributed by atoms with Crippen molar-refractivity contribution >= 4 is 35.9 Å². The molecule has 0 radical (unpaired) electrons. The minimum atomic E-state index is -0.117. The molecule has 0 aliphatic carbocycles. The van der Waals surface area contributed by atoms with Crippen molar-refractivity contribution in [3.63, 3.8) is 0 Å². The molecule has 1 fully saturated rings. The van der Waals surface area contributed by atoms with E-state index in [-0.39, 0.29) is 35.9 Å².